The van der Waals surface area contributed by atoms with Gasteiger partial charge in [0.1, 0.15) is 17.6 Å². The van der Waals surface area contributed by atoms with Gasteiger partial charge in [0, 0.05) is 23.6 Å². The Morgan fingerprint density at radius 1 is 1.07 bits per heavy atom. The summed E-state index contributed by atoms with van der Waals surface area (Å²) in [6.07, 6.45) is 2.80. The summed E-state index contributed by atoms with van der Waals surface area (Å²) < 4.78 is 7.47. The zero-order chi connectivity index (χ0) is 20.2. The summed E-state index contributed by atoms with van der Waals surface area (Å²) in [6, 6.07) is 18.0. The highest BCUT2D eigenvalue weighted by Crippen LogP contribution is 2.45. The highest BCUT2D eigenvalue weighted by Gasteiger charge is 2.40. The van der Waals surface area contributed by atoms with Crippen molar-refractivity contribution in [3.63, 3.8) is 0 Å². The topological polar surface area (TPSA) is 73.0 Å². The van der Waals surface area contributed by atoms with Crippen molar-refractivity contribution in [2.75, 3.05) is 5.32 Å². The van der Waals surface area contributed by atoms with E-state index in [1.54, 1.807) is 6.26 Å². The Morgan fingerprint density at radius 3 is 2.80 bits per heavy atom. The molecule has 2 atom stereocenters. The van der Waals surface area contributed by atoms with E-state index in [-0.39, 0.29) is 17.7 Å². The number of allylic oxidation sites excluding steroid dienone is 2. The predicted molar refractivity (Wildman–Crippen MR) is 113 cm³/mol. The molecule has 0 spiro atoms. The van der Waals surface area contributed by atoms with E-state index in [9.17, 15) is 4.79 Å². The quantitative estimate of drug-likeness (QED) is 0.529. The molecule has 0 saturated carbocycles. The molecule has 1 aliphatic heterocycles. The minimum atomic E-state index is -0.298. The Kier molecular flexibility index (Phi) is 3.68. The molecule has 1 N–H and O–H groups in total. The van der Waals surface area contributed by atoms with Crippen molar-refractivity contribution < 1.29 is 9.21 Å². The SMILES string of the molecule is Cc1nc2n(n1)[C@H](c1cccc3ccccc13)C1=C(C[C@@H](c3ccco3)CC1=O)N2. The van der Waals surface area contributed by atoms with Crippen LogP contribution in [0.15, 0.2) is 76.5 Å². The number of carbonyl (C=O) groups excluding carboxylic acids is 1. The Labute approximate surface area is 173 Å². The van der Waals surface area contributed by atoms with E-state index in [0.29, 0.717) is 24.6 Å². The first-order chi connectivity index (χ1) is 14.7. The van der Waals surface area contributed by atoms with Crippen molar-refractivity contribution in [3.8, 4) is 0 Å². The number of benzene rings is 2. The number of furan rings is 1. The van der Waals surface area contributed by atoms with Crippen LogP contribution in [0, 0.1) is 6.92 Å². The highest BCUT2D eigenvalue weighted by molar-refractivity contribution is 6.01. The number of anilines is 1. The van der Waals surface area contributed by atoms with Crippen LogP contribution in [0.3, 0.4) is 0 Å². The maximum atomic E-state index is 13.5. The zero-order valence-electron chi connectivity index (χ0n) is 16.5. The fraction of sp³-hybridized carbons (Fsp3) is 0.208. The van der Waals surface area contributed by atoms with Gasteiger partial charge in [0.25, 0.3) is 0 Å². The first-order valence-electron chi connectivity index (χ1n) is 10.2. The van der Waals surface area contributed by atoms with Crippen molar-refractivity contribution in [1.29, 1.82) is 0 Å². The van der Waals surface area contributed by atoms with Gasteiger partial charge in [-0.1, -0.05) is 42.5 Å². The van der Waals surface area contributed by atoms with E-state index in [0.717, 1.165) is 33.4 Å². The van der Waals surface area contributed by atoms with Crippen LogP contribution in [0.2, 0.25) is 0 Å². The third-order valence-electron chi connectivity index (χ3n) is 6.09. The number of fused-ring (bicyclic) bond motifs is 2. The molecular weight excluding hydrogens is 376 g/mol. The molecule has 6 nitrogen and oxygen atoms in total. The predicted octanol–water partition coefficient (Wildman–Crippen LogP) is 4.75. The minimum Gasteiger partial charge on any atom is -0.469 e. The lowest BCUT2D eigenvalue weighted by atomic mass is 9.79. The van der Waals surface area contributed by atoms with Gasteiger partial charge in [-0.25, -0.2) is 4.68 Å². The molecule has 2 aliphatic rings. The molecule has 0 saturated heterocycles. The Bertz CT molecular complexity index is 1310. The molecular formula is C24H20N4O2. The lowest BCUT2D eigenvalue weighted by Gasteiger charge is -2.34. The fourth-order valence-corrected chi connectivity index (χ4v) is 4.82. The minimum absolute atomic E-state index is 0.0301. The normalized spacial score (nSPS) is 20.8. The molecule has 6 heteroatoms. The number of nitrogens with one attached hydrogen (secondary N) is 1. The van der Waals surface area contributed by atoms with Crippen LogP contribution in [-0.2, 0) is 4.79 Å². The molecule has 2 aromatic heterocycles. The summed E-state index contributed by atoms with van der Waals surface area (Å²) in [5, 5.41) is 10.3. The lowest BCUT2D eigenvalue weighted by molar-refractivity contribution is -0.117. The summed E-state index contributed by atoms with van der Waals surface area (Å²) in [5.41, 5.74) is 2.77. The van der Waals surface area contributed by atoms with E-state index in [2.05, 4.69) is 39.7 Å². The van der Waals surface area contributed by atoms with Gasteiger partial charge in [0.05, 0.1) is 6.26 Å². The summed E-state index contributed by atoms with van der Waals surface area (Å²) >= 11 is 0. The molecule has 30 heavy (non-hydrogen) atoms. The Balaban J connectivity index is 1.56. The van der Waals surface area contributed by atoms with Gasteiger partial charge >= 0.3 is 0 Å². The standard InChI is InChI=1S/C24H20N4O2/c1-14-25-24-26-19-12-16(21-10-5-11-30-21)13-20(29)22(19)23(28(24)27-14)18-9-4-7-15-6-2-3-8-17(15)18/h2-11,16,23H,12-13H2,1H3,(H,25,26,27)/t16-,23-/m1/s1. The molecule has 3 heterocycles. The number of ketones is 1. The number of rotatable bonds is 2. The number of Topliss-reactive ketones (excluding diaryl/α,β-unsaturated/α-hetero) is 1. The number of hydrogen-bond donors (Lipinski definition) is 1. The molecule has 4 aromatic rings. The number of carbonyl (C=O) groups is 1. The second-order valence-corrected chi connectivity index (χ2v) is 7.96. The molecule has 6 rings (SSSR count). The second-order valence-electron chi connectivity index (χ2n) is 7.96. The van der Waals surface area contributed by atoms with Crippen molar-refractivity contribution >= 4 is 22.5 Å². The van der Waals surface area contributed by atoms with Crippen molar-refractivity contribution in [2.45, 2.75) is 31.7 Å². The van der Waals surface area contributed by atoms with Crippen LogP contribution in [0.5, 0.6) is 0 Å². The fourth-order valence-electron chi connectivity index (χ4n) is 4.82. The van der Waals surface area contributed by atoms with Crippen LogP contribution in [0.4, 0.5) is 5.95 Å². The summed E-state index contributed by atoms with van der Waals surface area (Å²) in [6.45, 7) is 1.87. The van der Waals surface area contributed by atoms with Crippen molar-refractivity contribution in [3.05, 3.63) is 89.3 Å². The maximum absolute atomic E-state index is 13.5. The van der Waals surface area contributed by atoms with Gasteiger partial charge in [0.15, 0.2) is 5.78 Å². The molecule has 2 aromatic carbocycles. The number of aryl methyl sites for hydroxylation is 1. The highest BCUT2D eigenvalue weighted by atomic mass is 16.3. The Morgan fingerprint density at radius 2 is 1.93 bits per heavy atom. The summed E-state index contributed by atoms with van der Waals surface area (Å²) in [7, 11) is 0. The van der Waals surface area contributed by atoms with Gasteiger partial charge in [-0.2, -0.15) is 10.1 Å². The van der Waals surface area contributed by atoms with Gasteiger partial charge in [-0.15, -0.1) is 0 Å². The Hall–Kier alpha value is -3.67. The van der Waals surface area contributed by atoms with E-state index in [1.807, 2.05) is 41.9 Å². The van der Waals surface area contributed by atoms with Crippen LogP contribution in [0.25, 0.3) is 10.8 Å². The summed E-state index contributed by atoms with van der Waals surface area (Å²) in [4.78, 5) is 18.1. The molecule has 0 bridgehead atoms. The van der Waals surface area contributed by atoms with Gasteiger partial charge < -0.3 is 9.73 Å². The van der Waals surface area contributed by atoms with Crippen molar-refractivity contribution in [1.82, 2.24) is 14.8 Å². The molecule has 0 fully saturated rings. The third kappa shape index (κ3) is 2.53. The van der Waals surface area contributed by atoms with Crippen molar-refractivity contribution in [2.24, 2.45) is 0 Å². The molecule has 0 radical (unpaired) electrons. The average molecular weight is 396 g/mol. The first kappa shape index (κ1) is 17.2. The first-order valence-corrected chi connectivity index (χ1v) is 10.2. The van der Waals surface area contributed by atoms with Gasteiger partial charge in [-0.05, 0) is 41.8 Å². The molecule has 148 valence electrons. The molecule has 0 amide bonds. The summed E-state index contributed by atoms with van der Waals surface area (Å²) in [5.74, 6) is 2.36. The van der Waals surface area contributed by atoms with Gasteiger partial charge in [-0.3, -0.25) is 4.79 Å². The third-order valence-corrected chi connectivity index (χ3v) is 6.09. The number of aromatic nitrogens is 3. The van der Waals surface area contributed by atoms with E-state index in [4.69, 9.17) is 4.42 Å². The monoisotopic (exact) mass is 396 g/mol. The second kappa shape index (κ2) is 6.42. The molecule has 1 aliphatic carbocycles. The zero-order valence-corrected chi connectivity index (χ0v) is 16.5. The smallest absolute Gasteiger partial charge is 0.226 e. The van der Waals surface area contributed by atoms with Crippen LogP contribution in [0.1, 0.15) is 41.9 Å². The lowest BCUT2D eigenvalue weighted by Crippen LogP contribution is -2.33. The molecule has 0 unspecified atom stereocenters. The van der Waals surface area contributed by atoms with Crippen LogP contribution in [-0.4, -0.2) is 20.5 Å². The maximum Gasteiger partial charge on any atom is 0.226 e. The van der Waals surface area contributed by atoms with E-state index in [1.165, 1.54) is 0 Å². The van der Waals surface area contributed by atoms with E-state index < -0.39 is 0 Å². The van der Waals surface area contributed by atoms with Gasteiger partial charge in [0.2, 0.25) is 5.95 Å². The number of nitrogens with zero attached hydrogens (tertiary/aromatic N) is 3. The van der Waals surface area contributed by atoms with Crippen LogP contribution < -0.4 is 5.32 Å². The number of hydrogen-bond acceptors (Lipinski definition) is 5. The van der Waals surface area contributed by atoms with Crippen LogP contribution >= 0.6 is 0 Å². The van der Waals surface area contributed by atoms with E-state index >= 15 is 0 Å². The largest absolute Gasteiger partial charge is 0.469 e. The average Bonchev–Trinajstić information content (AvgIpc) is 3.41.